The zero-order valence-corrected chi connectivity index (χ0v) is 8.55. The zero-order chi connectivity index (χ0) is 10.7. The van der Waals surface area contributed by atoms with Gasteiger partial charge in [-0.05, 0) is 19.0 Å². The van der Waals surface area contributed by atoms with Gasteiger partial charge in [-0.1, -0.05) is 0 Å². The van der Waals surface area contributed by atoms with Gasteiger partial charge in [-0.3, -0.25) is 0 Å². The topological polar surface area (TPSA) is 76.0 Å². The van der Waals surface area contributed by atoms with E-state index in [2.05, 4.69) is 5.18 Å². The van der Waals surface area contributed by atoms with Crippen LogP contribution in [0.5, 0.6) is 5.75 Å². The second-order valence-corrected chi connectivity index (χ2v) is 3.70. The van der Waals surface area contributed by atoms with Crippen LogP contribution in [0.3, 0.4) is 0 Å². The Kier molecular flexibility index (Phi) is 3.19. The molecular weight excluding hydrogens is 206 g/mol. The van der Waals surface area contributed by atoms with Crippen LogP contribution < -0.4 is 0 Å². The van der Waals surface area contributed by atoms with Crippen molar-refractivity contribution in [3.8, 4) is 5.75 Å². The first-order valence-electron chi connectivity index (χ1n) is 3.94. The molecule has 0 aliphatic heterocycles. The molecule has 1 heterocycles. The molecule has 0 atom stereocenters. The van der Waals surface area contributed by atoms with Crippen molar-refractivity contribution < 1.29 is 14.6 Å². The lowest BCUT2D eigenvalue weighted by Gasteiger charge is -2.00. The van der Waals surface area contributed by atoms with Crippen molar-refractivity contribution in [1.82, 2.24) is 0 Å². The van der Waals surface area contributed by atoms with Crippen molar-refractivity contribution in [3.05, 3.63) is 15.3 Å². The Labute approximate surface area is 84.3 Å². The van der Waals surface area contributed by atoms with Gasteiger partial charge in [0.2, 0.25) is 5.00 Å². The predicted octanol–water partition coefficient (Wildman–Crippen LogP) is 2.34. The lowest BCUT2D eigenvalue weighted by atomic mass is 10.2. The summed E-state index contributed by atoms with van der Waals surface area (Å²) >= 11 is 0.965. The highest BCUT2D eigenvalue weighted by Crippen LogP contribution is 2.40. The average Bonchev–Trinajstić information content (AvgIpc) is 2.41. The van der Waals surface area contributed by atoms with E-state index in [1.165, 1.54) is 0 Å². The van der Waals surface area contributed by atoms with E-state index in [9.17, 15) is 14.8 Å². The van der Waals surface area contributed by atoms with E-state index in [1.807, 2.05) is 0 Å². The van der Waals surface area contributed by atoms with E-state index < -0.39 is 5.97 Å². The molecule has 0 aliphatic carbocycles. The number of carbonyl (C=O) groups is 1. The summed E-state index contributed by atoms with van der Waals surface area (Å²) in [7, 11) is 0. The maximum Gasteiger partial charge on any atom is 0.343 e. The largest absolute Gasteiger partial charge is 0.504 e. The molecule has 0 unspecified atom stereocenters. The number of nitrogens with zero attached hydrogens (tertiary/aromatic N) is 1. The highest BCUT2D eigenvalue weighted by atomic mass is 32.1. The summed E-state index contributed by atoms with van der Waals surface area (Å²) < 4.78 is 4.71. The third-order valence-electron chi connectivity index (χ3n) is 1.60. The number of rotatable bonds is 3. The molecule has 0 saturated heterocycles. The quantitative estimate of drug-likeness (QED) is 0.620. The molecule has 0 saturated carbocycles. The molecule has 0 amide bonds. The van der Waals surface area contributed by atoms with Gasteiger partial charge in [0.1, 0.15) is 5.56 Å². The maximum absolute atomic E-state index is 11.3. The van der Waals surface area contributed by atoms with Gasteiger partial charge in [-0.2, -0.15) is 0 Å². The minimum Gasteiger partial charge on any atom is -0.504 e. The summed E-state index contributed by atoms with van der Waals surface area (Å²) in [5.41, 5.74) is 0.0338. The zero-order valence-electron chi connectivity index (χ0n) is 7.73. The Morgan fingerprint density at radius 3 is 2.71 bits per heavy atom. The van der Waals surface area contributed by atoms with Crippen molar-refractivity contribution in [2.24, 2.45) is 5.18 Å². The molecule has 0 aromatic carbocycles. The molecule has 1 aromatic heterocycles. The number of nitroso groups, excluding NO2 is 1. The second kappa shape index (κ2) is 4.19. The van der Waals surface area contributed by atoms with Crippen molar-refractivity contribution in [1.29, 1.82) is 0 Å². The SMILES string of the molecule is CCOC(=O)c1c(C)sc(N=O)c1O. The fourth-order valence-electron chi connectivity index (χ4n) is 1.02. The second-order valence-electron chi connectivity index (χ2n) is 2.50. The van der Waals surface area contributed by atoms with Crippen LogP contribution in [-0.4, -0.2) is 17.7 Å². The lowest BCUT2D eigenvalue weighted by molar-refractivity contribution is 0.0523. The lowest BCUT2D eigenvalue weighted by Crippen LogP contribution is -2.04. The van der Waals surface area contributed by atoms with Gasteiger partial charge in [0, 0.05) is 4.88 Å². The highest BCUT2D eigenvalue weighted by Gasteiger charge is 2.22. The van der Waals surface area contributed by atoms with Crippen molar-refractivity contribution in [3.63, 3.8) is 0 Å². The Hall–Kier alpha value is -1.43. The molecule has 0 bridgehead atoms. The number of ether oxygens (including phenoxy) is 1. The fraction of sp³-hybridized carbons (Fsp3) is 0.375. The first-order chi connectivity index (χ1) is 6.61. The summed E-state index contributed by atoms with van der Waals surface area (Å²) in [5.74, 6) is -1.02. The average molecular weight is 215 g/mol. The van der Waals surface area contributed by atoms with Crippen LogP contribution in [0.4, 0.5) is 5.00 Å². The monoisotopic (exact) mass is 215 g/mol. The molecule has 6 heteroatoms. The number of thiophene rings is 1. The van der Waals surface area contributed by atoms with Gasteiger partial charge < -0.3 is 9.84 Å². The minimum absolute atomic E-state index is 0.0338. The first-order valence-corrected chi connectivity index (χ1v) is 4.76. The van der Waals surface area contributed by atoms with Gasteiger partial charge in [0.05, 0.1) is 6.61 Å². The molecule has 76 valence electrons. The number of aromatic hydroxyl groups is 1. The molecule has 1 N–H and O–H groups in total. The first kappa shape index (κ1) is 10.6. The highest BCUT2D eigenvalue weighted by molar-refractivity contribution is 7.16. The smallest absolute Gasteiger partial charge is 0.343 e. The molecule has 0 aliphatic rings. The molecular formula is C8H9NO4S. The van der Waals surface area contributed by atoms with E-state index in [-0.39, 0.29) is 22.9 Å². The van der Waals surface area contributed by atoms with Crippen LogP contribution in [0.15, 0.2) is 5.18 Å². The number of hydrogen-bond acceptors (Lipinski definition) is 6. The predicted molar refractivity (Wildman–Crippen MR) is 52.1 cm³/mol. The van der Waals surface area contributed by atoms with Gasteiger partial charge in [0.25, 0.3) is 0 Å². The molecule has 0 spiro atoms. The third-order valence-corrected chi connectivity index (χ3v) is 2.58. The van der Waals surface area contributed by atoms with Crippen LogP contribution in [0.25, 0.3) is 0 Å². The normalized spacial score (nSPS) is 9.86. The summed E-state index contributed by atoms with van der Waals surface area (Å²) in [6.07, 6.45) is 0. The fourth-order valence-corrected chi connectivity index (χ4v) is 1.83. The molecule has 0 fully saturated rings. The van der Waals surface area contributed by atoms with Gasteiger partial charge >= 0.3 is 5.97 Å². The Balaban J connectivity index is 3.13. The summed E-state index contributed by atoms with van der Waals surface area (Å²) in [6, 6.07) is 0. The minimum atomic E-state index is -0.631. The van der Waals surface area contributed by atoms with E-state index in [4.69, 9.17) is 4.74 Å². The van der Waals surface area contributed by atoms with Crippen LogP contribution >= 0.6 is 11.3 Å². The molecule has 14 heavy (non-hydrogen) atoms. The Bertz CT molecular complexity index is 372. The van der Waals surface area contributed by atoms with E-state index in [1.54, 1.807) is 13.8 Å². The van der Waals surface area contributed by atoms with Crippen LogP contribution in [0.2, 0.25) is 0 Å². The van der Waals surface area contributed by atoms with Gasteiger partial charge in [-0.15, -0.1) is 16.2 Å². The van der Waals surface area contributed by atoms with Crippen molar-refractivity contribution in [2.45, 2.75) is 13.8 Å². The number of carbonyl (C=O) groups excluding carboxylic acids is 1. The number of hydrogen-bond donors (Lipinski definition) is 1. The Morgan fingerprint density at radius 1 is 1.64 bits per heavy atom. The molecule has 5 nitrogen and oxygen atoms in total. The van der Waals surface area contributed by atoms with E-state index in [0.29, 0.717) is 4.88 Å². The summed E-state index contributed by atoms with van der Waals surface area (Å²) in [6.45, 7) is 3.50. The Morgan fingerprint density at radius 2 is 2.29 bits per heavy atom. The third kappa shape index (κ3) is 1.74. The van der Waals surface area contributed by atoms with Gasteiger partial charge in [0.15, 0.2) is 5.75 Å². The molecule has 0 radical (unpaired) electrons. The van der Waals surface area contributed by atoms with E-state index in [0.717, 1.165) is 11.3 Å². The van der Waals surface area contributed by atoms with Crippen molar-refractivity contribution >= 4 is 22.3 Å². The van der Waals surface area contributed by atoms with E-state index >= 15 is 0 Å². The summed E-state index contributed by atoms with van der Waals surface area (Å²) in [5, 5.41) is 11.9. The number of esters is 1. The summed E-state index contributed by atoms with van der Waals surface area (Å²) in [4.78, 5) is 22.0. The van der Waals surface area contributed by atoms with Crippen LogP contribution in [0, 0.1) is 11.8 Å². The van der Waals surface area contributed by atoms with Crippen LogP contribution in [0.1, 0.15) is 22.2 Å². The standard InChI is InChI=1S/C8H9NO4S/c1-3-13-8(11)5-4(2)14-7(9-12)6(5)10/h10H,3H2,1-2H3. The molecule has 1 rings (SSSR count). The molecule has 1 aromatic rings. The van der Waals surface area contributed by atoms with Crippen LogP contribution in [-0.2, 0) is 4.74 Å². The number of aryl methyl sites for hydroxylation is 1. The van der Waals surface area contributed by atoms with Gasteiger partial charge in [-0.25, -0.2) is 4.79 Å². The maximum atomic E-state index is 11.3. The van der Waals surface area contributed by atoms with Crippen molar-refractivity contribution in [2.75, 3.05) is 6.61 Å².